The minimum Gasteiger partial charge on any atom is -0.481 e. The summed E-state index contributed by atoms with van der Waals surface area (Å²) in [5.74, 6) is -1.86. The molecule has 1 aromatic rings. The van der Waals surface area contributed by atoms with Crippen molar-refractivity contribution in [2.24, 2.45) is 0 Å². The van der Waals surface area contributed by atoms with Crippen LogP contribution in [0.25, 0.3) is 0 Å². The molecule has 92 valence electrons. The van der Waals surface area contributed by atoms with Crippen molar-refractivity contribution in [3.63, 3.8) is 0 Å². The number of carboxylic acid groups (broad SMARTS) is 1. The van der Waals surface area contributed by atoms with Gasteiger partial charge < -0.3 is 15.7 Å². The molecule has 0 saturated heterocycles. The maximum absolute atomic E-state index is 13.1. The molecule has 6 heteroatoms. The van der Waals surface area contributed by atoms with Crippen LogP contribution in [0.15, 0.2) is 24.3 Å². The van der Waals surface area contributed by atoms with E-state index in [0.29, 0.717) is 0 Å². The van der Waals surface area contributed by atoms with Crippen LogP contribution in [0.2, 0.25) is 0 Å². The lowest BCUT2D eigenvalue weighted by Gasteiger charge is -2.06. The highest BCUT2D eigenvalue weighted by molar-refractivity contribution is 5.92. The Labute approximate surface area is 97.6 Å². The van der Waals surface area contributed by atoms with Gasteiger partial charge in [0.1, 0.15) is 5.82 Å². The van der Waals surface area contributed by atoms with Crippen molar-refractivity contribution < 1.29 is 19.1 Å². The number of benzene rings is 1. The predicted octanol–water partition coefficient (Wildman–Crippen LogP) is 0.829. The molecule has 0 saturated carbocycles. The number of rotatable bonds is 6. The zero-order valence-electron chi connectivity index (χ0n) is 9.07. The van der Waals surface area contributed by atoms with Gasteiger partial charge in [0.05, 0.1) is 18.7 Å². The van der Waals surface area contributed by atoms with E-state index in [9.17, 15) is 14.0 Å². The largest absolute Gasteiger partial charge is 0.481 e. The fraction of sp³-hybridized carbons (Fsp3) is 0.273. The average Bonchev–Trinajstić information content (AvgIpc) is 2.27. The summed E-state index contributed by atoms with van der Waals surface area (Å²) < 4.78 is 13.1. The first kappa shape index (κ1) is 13.1. The minimum absolute atomic E-state index is 0.0540. The van der Waals surface area contributed by atoms with Crippen molar-refractivity contribution in [3.8, 4) is 0 Å². The van der Waals surface area contributed by atoms with Crippen LogP contribution in [0, 0.1) is 5.82 Å². The summed E-state index contributed by atoms with van der Waals surface area (Å²) in [6.07, 6.45) is -0.0625. The maximum Gasteiger partial charge on any atom is 0.304 e. The van der Waals surface area contributed by atoms with Crippen LogP contribution in [0.5, 0.6) is 0 Å². The molecule has 0 heterocycles. The predicted molar refractivity (Wildman–Crippen MR) is 60.2 cm³/mol. The highest BCUT2D eigenvalue weighted by atomic mass is 19.1. The van der Waals surface area contributed by atoms with Crippen LogP contribution in [-0.4, -0.2) is 30.1 Å². The van der Waals surface area contributed by atoms with Gasteiger partial charge in [0.15, 0.2) is 0 Å². The van der Waals surface area contributed by atoms with Crippen molar-refractivity contribution >= 4 is 17.6 Å². The highest BCUT2D eigenvalue weighted by Gasteiger charge is 2.05. The number of hydrogen-bond donors (Lipinski definition) is 3. The van der Waals surface area contributed by atoms with E-state index in [4.69, 9.17) is 5.11 Å². The molecule has 0 aliphatic heterocycles. The first-order valence-electron chi connectivity index (χ1n) is 5.06. The van der Waals surface area contributed by atoms with Crippen LogP contribution in [-0.2, 0) is 9.59 Å². The minimum atomic E-state index is -0.938. The Kier molecular flexibility index (Phi) is 5.09. The van der Waals surface area contributed by atoms with Gasteiger partial charge >= 0.3 is 5.97 Å². The van der Waals surface area contributed by atoms with Gasteiger partial charge in [0, 0.05) is 6.54 Å². The molecule has 1 amide bonds. The number of hydrogen-bond acceptors (Lipinski definition) is 3. The summed E-state index contributed by atoms with van der Waals surface area (Å²) >= 11 is 0. The number of carboxylic acids is 1. The standard InChI is InChI=1S/C11H13FN2O3/c12-8-3-1-2-4-9(8)14-10(15)7-13-6-5-11(16)17/h1-4,13H,5-7H2,(H,14,15)(H,16,17). The topological polar surface area (TPSA) is 78.4 Å². The molecule has 1 rings (SSSR count). The summed E-state index contributed by atoms with van der Waals surface area (Å²) in [5, 5.41) is 13.4. The summed E-state index contributed by atoms with van der Waals surface area (Å²) in [6.45, 7) is 0.141. The van der Waals surface area contributed by atoms with E-state index in [0.717, 1.165) is 0 Å². The van der Waals surface area contributed by atoms with E-state index in [-0.39, 0.29) is 25.2 Å². The van der Waals surface area contributed by atoms with Crippen LogP contribution in [0.4, 0.5) is 10.1 Å². The molecule has 0 aromatic heterocycles. The van der Waals surface area contributed by atoms with E-state index in [1.54, 1.807) is 6.07 Å². The monoisotopic (exact) mass is 240 g/mol. The molecule has 0 aliphatic rings. The molecular formula is C11H13FN2O3. The number of halogens is 1. The molecule has 0 radical (unpaired) electrons. The van der Waals surface area contributed by atoms with Gasteiger partial charge in [-0.05, 0) is 12.1 Å². The Balaban J connectivity index is 2.30. The van der Waals surface area contributed by atoms with E-state index in [1.807, 2.05) is 0 Å². The lowest BCUT2D eigenvalue weighted by molar-refractivity contribution is -0.137. The van der Waals surface area contributed by atoms with Gasteiger partial charge in [0.25, 0.3) is 0 Å². The zero-order valence-corrected chi connectivity index (χ0v) is 9.07. The SMILES string of the molecule is O=C(O)CCNCC(=O)Nc1ccccc1F. The number of carbonyl (C=O) groups is 2. The second-order valence-electron chi connectivity index (χ2n) is 3.35. The van der Waals surface area contributed by atoms with Crippen molar-refractivity contribution in [1.29, 1.82) is 0 Å². The Bertz CT molecular complexity index is 409. The second-order valence-corrected chi connectivity index (χ2v) is 3.35. The average molecular weight is 240 g/mol. The van der Waals surface area contributed by atoms with Crippen LogP contribution in [0.3, 0.4) is 0 Å². The molecule has 0 bridgehead atoms. The third-order valence-electron chi connectivity index (χ3n) is 1.95. The van der Waals surface area contributed by atoms with Gasteiger partial charge in [-0.15, -0.1) is 0 Å². The lowest BCUT2D eigenvalue weighted by atomic mass is 10.3. The van der Waals surface area contributed by atoms with Crippen molar-refractivity contribution in [1.82, 2.24) is 5.32 Å². The van der Waals surface area contributed by atoms with Crippen molar-refractivity contribution in [2.45, 2.75) is 6.42 Å². The quantitative estimate of drug-likeness (QED) is 0.643. The molecule has 3 N–H and O–H groups in total. The van der Waals surface area contributed by atoms with Gasteiger partial charge in [-0.25, -0.2) is 4.39 Å². The smallest absolute Gasteiger partial charge is 0.304 e. The number of nitrogens with one attached hydrogen (secondary N) is 2. The summed E-state index contributed by atoms with van der Waals surface area (Å²) in [5.41, 5.74) is 0.109. The summed E-state index contributed by atoms with van der Waals surface area (Å²) in [6, 6.07) is 5.82. The molecule has 5 nitrogen and oxygen atoms in total. The van der Waals surface area contributed by atoms with E-state index >= 15 is 0 Å². The molecule has 0 fully saturated rings. The molecule has 0 atom stereocenters. The van der Waals surface area contributed by atoms with Gasteiger partial charge in [0.2, 0.25) is 5.91 Å². The van der Waals surface area contributed by atoms with Gasteiger partial charge in [-0.3, -0.25) is 9.59 Å². The summed E-state index contributed by atoms with van der Waals surface area (Å²) in [7, 11) is 0. The molecule has 0 aliphatic carbocycles. The Morgan fingerprint density at radius 3 is 2.65 bits per heavy atom. The third kappa shape index (κ3) is 5.07. The zero-order chi connectivity index (χ0) is 12.7. The lowest BCUT2D eigenvalue weighted by Crippen LogP contribution is -2.29. The number of para-hydroxylation sites is 1. The second kappa shape index (κ2) is 6.59. The normalized spacial score (nSPS) is 9.94. The number of anilines is 1. The summed E-state index contributed by atoms with van der Waals surface area (Å²) in [4.78, 5) is 21.5. The van der Waals surface area contributed by atoms with E-state index < -0.39 is 17.7 Å². The van der Waals surface area contributed by atoms with Crippen LogP contribution in [0.1, 0.15) is 6.42 Å². The Morgan fingerprint density at radius 2 is 2.00 bits per heavy atom. The van der Waals surface area contributed by atoms with Gasteiger partial charge in [-0.1, -0.05) is 12.1 Å². The van der Waals surface area contributed by atoms with E-state index in [1.165, 1.54) is 18.2 Å². The first-order chi connectivity index (χ1) is 8.09. The van der Waals surface area contributed by atoms with Crippen molar-refractivity contribution in [3.05, 3.63) is 30.1 Å². The Morgan fingerprint density at radius 1 is 1.29 bits per heavy atom. The fourth-order valence-electron chi connectivity index (χ4n) is 1.15. The third-order valence-corrected chi connectivity index (χ3v) is 1.95. The number of amides is 1. The molecular weight excluding hydrogens is 227 g/mol. The Hall–Kier alpha value is -1.95. The maximum atomic E-state index is 13.1. The molecule has 0 spiro atoms. The molecule has 1 aromatic carbocycles. The molecule has 17 heavy (non-hydrogen) atoms. The van der Waals surface area contributed by atoms with Crippen LogP contribution < -0.4 is 10.6 Å². The number of carbonyl (C=O) groups excluding carboxylic acids is 1. The van der Waals surface area contributed by atoms with E-state index in [2.05, 4.69) is 10.6 Å². The van der Waals surface area contributed by atoms with Gasteiger partial charge in [-0.2, -0.15) is 0 Å². The molecule has 0 unspecified atom stereocenters. The fourth-order valence-corrected chi connectivity index (χ4v) is 1.15. The first-order valence-corrected chi connectivity index (χ1v) is 5.06. The number of aliphatic carboxylic acids is 1. The highest BCUT2D eigenvalue weighted by Crippen LogP contribution is 2.11. The van der Waals surface area contributed by atoms with Crippen molar-refractivity contribution in [2.75, 3.05) is 18.4 Å². The van der Waals surface area contributed by atoms with Crippen LogP contribution >= 0.6 is 0 Å².